The van der Waals surface area contributed by atoms with Gasteiger partial charge in [0.25, 0.3) is 0 Å². The van der Waals surface area contributed by atoms with Crippen molar-refractivity contribution < 1.29 is 9.90 Å². The average molecular weight is 268 g/mol. The number of hydrogen-bond donors (Lipinski definition) is 2. The van der Waals surface area contributed by atoms with E-state index in [2.05, 4.69) is 17.3 Å². The van der Waals surface area contributed by atoms with E-state index in [1.165, 1.54) is 32.1 Å². The second kappa shape index (κ2) is 6.23. The summed E-state index contributed by atoms with van der Waals surface area (Å²) in [6, 6.07) is 1.10. The molecule has 4 heteroatoms. The van der Waals surface area contributed by atoms with Gasteiger partial charge < -0.3 is 15.3 Å². The van der Waals surface area contributed by atoms with Gasteiger partial charge in [-0.2, -0.15) is 0 Å². The summed E-state index contributed by atoms with van der Waals surface area (Å²) in [7, 11) is 2.20. The Morgan fingerprint density at radius 3 is 2.53 bits per heavy atom. The predicted octanol–water partition coefficient (Wildman–Crippen LogP) is 2.24. The highest BCUT2D eigenvalue weighted by atomic mass is 16.4. The zero-order valence-corrected chi connectivity index (χ0v) is 12.3. The van der Waals surface area contributed by atoms with E-state index in [4.69, 9.17) is 0 Å². The molecular weight excluding hydrogens is 240 g/mol. The number of hydrogen-bond acceptors (Lipinski definition) is 3. The molecule has 0 aromatic rings. The Labute approximate surface area is 116 Å². The van der Waals surface area contributed by atoms with E-state index in [0.717, 1.165) is 25.8 Å². The molecule has 2 aliphatic carbocycles. The number of aliphatic carboxylic acids is 1. The molecule has 2 rings (SSSR count). The van der Waals surface area contributed by atoms with Crippen LogP contribution in [0.1, 0.15) is 58.3 Å². The fourth-order valence-electron chi connectivity index (χ4n) is 3.92. The van der Waals surface area contributed by atoms with Crippen LogP contribution < -0.4 is 5.32 Å². The minimum Gasteiger partial charge on any atom is -0.480 e. The second-order valence-electron chi connectivity index (χ2n) is 6.27. The molecule has 2 atom stereocenters. The second-order valence-corrected chi connectivity index (χ2v) is 6.27. The van der Waals surface area contributed by atoms with Crippen molar-refractivity contribution >= 4 is 5.97 Å². The molecule has 0 aliphatic heterocycles. The van der Waals surface area contributed by atoms with E-state index in [0.29, 0.717) is 12.1 Å². The van der Waals surface area contributed by atoms with Gasteiger partial charge in [0.15, 0.2) is 0 Å². The third-order valence-electron chi connectivity index (χ3n) is 5.14. The van der Waals surface area contributed by atoms with Crippen molar-refractivity contribution in [2.45, 2.75) is 75.9 Å². The lowest BCUT2D eigenvalue weighted by Gasteiger charge is -2.36. The van der Waals surface area contributed by atoms with Crippen LogP contribution in [0.4, 0.5) is 0 Å². The van der Waals surface area contributed by atoms with Gasteiger partial charge in [-0.3, -0.25) is 4.79 Å². The molecule has 2 unspecified atom stereocenters. The van der Waals surface area contributed by atoms with Gasteiger partial charge in [0.1, 0.15) is 5.54 Å². The fraction of sp³-hybridized carbons (Fsp3) is 0.933. The van der Waals surface area contributed by atoms with Crippen LogP contribution in [-0.4, -0.2) is 47.2 Å². The number of nitrogens with zero attached hydrogens (tertiary/aromatic N) is 1. The number of rotatable bonds is 5. The molecule has 2 N–H and O–H groups in total. The summed E-state index contributed by atoms with van der Waals surface area (Å²) < 4.78 is 0. The van der Waals surface area contributed by atoms with Crippen LogP contribution in [-0.2, 0) is 4.79 Å². The van der Waals surface area contributed by atoms with Gasteiger partial charge in [0.2, 0.25) is 0 Å². The van der Waals surface area contributed by atoms with Crippen molar-refractivity contribution in [1.29, 1.82) is 0 Å². The van der Waals surface area contributed by atoms with E-state index in [1.54, 1.807) is 0 Å². The number of nitrogens with one attached hydrogen (secondary N) is 1. The lowest BCUT2D eigenvalue weighted by Crippen LogP contribution is -2.51. The third-order valence-corrected chi connectivity index (χ3v) is 5.14. The standard InChI is InChI=1S/C15H28N2O2/c1-3-16-15(14(18)19)10-9-13(11-15)17(2)12-7-5-4-6-8-12/h12-13,16H,3-11H2,1-2H3,(H,18,19). The quantitative estimate of drug-likeness (QED) is 0.803. The van der Waals surface area contributed by atoms with E-state index in [9.17, 15) is 9.90 Å². The minimum absolute atomic E-state index is 0.429. The molecule has 4 nitrogen and oxygen atoms in total. The average Bonchev–Trinajstić information content (AvgIpc) is 2.85. The van der Waals surface area contributed by atoms with Crippen molar-refractivity contribution in [3.05, 3.63) is 0 Å². The molecule has 2 saturated carbocycles. The zero-order chi connectivity index (χ0) is 13.9. The Hall–Kier alpha value is -0.610. The van der Waals surface area contributed by atoms with Crippen LogP contribution >= 0.6 is 0 Å². The number of likely N-dealkylation sites (N-methyl/N-ethyl adjacent to an activating group) is 1. The van der Waals surface area contributed by atoms with Crippen LogP contribution in [0.5, 0.6) is 0 Å². The normalized spacial score (nSPS) is 32.9. The summed E-state index contributed by atoms with van der Waals surface area (Å²) >= 11 is 0. The molecule has 0 heterocycles. The highest BCUT2D eigenvalue weighted by molar-refractivity contribution is 5.79. The van der Waals surface area contributed by atoms with Gasteiger partial charge >= 0.3 is 5.97 Å². The molecule has 110 valence electrons. The molecular formula is C15H28N2O2. The predicted molar refractivity (Wildman–Crippen MR) is 76.3 cm³/mol. The Balaban J connectivity index is 1.97. The Bertz CT molecular complexity index is 315. The summed E-state index contributed by atoms with van der Waals surface area (Å²) in [5, 5.41) is 12.7. The molecule has 0 aromatic heterocycles. The topological polar surface area (TPSA) is 52.6 Å². The minimum atomic E-state index is -0.678. The fourth-order valence-corrected chi connectivity index (χ4v) is 3.92. The van der Waals surface area contributed by atoms with Crippen LogP contribution in [0.3, 0.4) is 0 Å². The number of carboxylic acid groups (broad SMARTS) is 1. The smallest absolute Gasteiger partial charge is 0.323 e. The summed E-state index contributed by atoms with van der Waals surface area (Å²) in [4.78, 5) is 14.1. The maximum Gasteiger partial charge on any atom is 0.323 e. The van der Waals surface area contributed by atoms with Gasteiger partial charge in [0.05, 0.1) is 0 Å². The molecule has 19 heavy (non-hydrogen) atoms. The zero-order valence-electron chi connectivity index (χ0n) is 12.3. The summed E-state index contributed by atoms with van der Waals surface area (Å²) in [5.41, 5.74) is -0.678. The highest BCUT2D eigenvalue weighted by Gasteiger charge is 2.46. The molecule has 2 aliphatic rings. The first-order chi connectivity index (χ1) is 9.09. The van der Waals surface area contributed by atoms with E-state index in [1.807, 2.05) is 6.92 Å². The lowest BCUT2D eigenvalue weighted by atomic mass is 9.92. The van der Waals surface area contributed by atoms with E-state index >= 15 is 0 Å². The van der Waals surface area contributed by atoms with Crippen molar-refractivity contribution in [1.82, 2.24) is 10.2 Å². The molecule has 0 radical (unpaired) electrons. The maximum absolute atomic E-state index is 11.6. The van der Waals surface area contributed by atoms with Gasteiger partial charge in [-0.1, -0.05) is 26.2 Å². The Morgan fingerprint density at radius 1 is 1.26 bits per heavy atom. The molecule has 0 spiro atoms. The van der Waals surface area contributed by atoms with Crippen molar-refractivity contribution in [2.75, 3.05) is 13.6 Å². The van der Waals surface area contributed by atoms with E-state index in [-0.39, 0.29) is 0 Å². The lowest BCUT2D eigenvalue weighted by molar-refractivity contribution is -0.144. The SMILES string of the molecule is CCNC1(C(=O)O)CCC(N(C)C2CCCCC2)C1. The summed E-state index contributed by atoms with van der Waals surface area (Å²) in [5.74, 6) is -0.672. The Kier molecular flexibility index (Phi) is 4.85. The van der Waals surface area contributed by atoms with Gasteiger partial charge in [-0.15, -0.1) is 0 Å². The molecule has 0 bridgehead atoms. The van der Waals surface area contributed by atoms with Gasteiger partial charge in [0, 0.05) is 12.1 Å². The monoisotopic (exact) mass is 268 g/mol. The third kappa shape index (κ3) is 3.11. The maximum atomic E-state index is 11.6. The highest BCUT2D eigenvalue weighted by Crippen LogP contribution is 2.35. The first-order valence-corrected chi connectivity index (χ1v) is 7.79. The molecule has 0 saturated heterocycles. The number of carboxylic acids is 1. The molecule has 0 aromatic carbocycles. The first kappa shape index (κ1) is 14.8. The van der Waals surface area contributed by atoms with Gasteiger partial charge in [-0.05, 0) is 45.7 Å². The molecule has 2 fully saturated rings. The van der Waals surface area contributed by atoms with Crippen LogP contribution in [0.15, 0.2) is 0 Å². The Morgan fingerprint density at radius 2 is 1.95 bits per heavy atom. The first-order valence-electron chi connectivity index (χ1n) is 7.79. The van der Waals surface area contributed by atoms with Crippen LogP contribution in [0.25, 0.3) is 0 Å². The largest absolute Gasteiger partial charge is 0.480 e. The molecule has 0 amide bonds. The van der Waals surface area contributed by atoms with Crippen LogP contribution in [0.2, 0.25) is 0 Å². The summed E-state index contributed by atoms with van der Waals surface area (Å²) in [6.07, 6.45) is 9.12. The number of carbonyl (C=O) groups is 1. The van der Waals surface area contributed by atoms with Crippen LogP contribution in [0, 0.1) is 0 Å². The van der Waals surface area contributed by atoms with Gasteiger partial charge in [-0.25, -0.2) is 0 Å². The van der Waals surface area contributed by atoms with Crippen molar-refractivity contribution in [2.24, 2.45) is 0 Å². The van der Waals surface area contributed by atoms with E-state index < -0.39 is 11.5 Å². The van der Waals surface area contributed by atoms with Crippen molar-refractivity contribution in [3.8, 4) is 0 Å². The van der Waals surface area contributed by atoms with Crippen molar-refractivity contribution in [3.63, 3.8) is 0 Å². The summed E-state index contributed by atoms with van der Waals surface area (Å²) in [6.45, 7) is 2.72.